The van der Waals surface area contributed by atoms with Crippen LogP contribution in [0.25, 0.3) is 11.0 Å². The molecule has 0 unspecified atom stereocenters. The highest BCUT2D eigenvalue weighted by Gasteiger charge is 2.21. The fourth-order valence-electron chi connectivity index (χ4n) is 3.90. The van der Waals surface area contributed by atoms with E-state index in [0.717, 1.165) is 49.3 Å². The number of nitrogens with zero attached hydrogens (tertiary/aromatic N) is 3. The Morgan fingerprint density at radius 2 is 1.90 bits per heavy atom. The van der Waals surface area contributed by atoms with Gasteiger partial charge in [0.05, 0.1) is 11.0 Å². The van der Waals surface area contributed by atoms with Crippen LogP contribution in [0.1, 0.15) is 25.6 Å². The third-order valence-electron chi connectivity index (χ3n) is 5.62. The van der Waals surface area contributed by atoms with Crippen LogP contribution in [-0.4, -0.2) is 46.0 Å². The van der Waals surface area contributed by atoms with Crippen molar-refractivity contribution in [1.29, 1.82) is 0 Å². The number of rotatable bonds is 7. The van der Waals surface area contributed by atoms with E-state index in [0.29, 0.717) is 10.8 Å². The topological polar surface area (TPSA) is 59.4 Å². The molecule has 1 aromatic heterocycles. The lowest BCUT2D eigenvalue weighted by Crippen LogP contribution is -2.45. The summed E-state index contributed by atoms with van der Waals surface area (Å²) in [5.74, 6) is 1.45. The summed E-state index contributed by atoms with van der Waals surface area (Å²) in [7, 11) is 0. The maximum absolute atomic E-state index is 12.8. The fraction of sp³-hybridized carbons (Fsp3) is 0.391. The highest BCUT2D eigenvalue weighted by Crippen LogP contribution is 2.20. The second-order valence-electron chi connectivity index (χ2n) is 7.62. The number of fused-ring (bicyclic) bond motifs is 1. The van der Waals surface area contributed by atoms with Gasteiger partial charge >= 0.3 is 0 Å². The molecule has 0 radical (unpaired) electrons. The summed E-state index contributed by atoms with van der Waals surface area (Å²) in [5, 5.41) is 3.87. The zero-order chi connectivity index (χ0) is 20.9. The summed E-state index contributed by atoms with van der Waals surface area (Å²) in [6.07, 6.45) is 1.99. The number of benzene rings is 2. The van der Waals surface area contributed by atoms with E-state index in [1.54, 1.807) is 12.1 Å². The highest BCUT2D eigenvalue weighted by molar-refractivity contribution is 6.30. The Bertz CT molecular complexity index is 994. The number of para-hydroxylation sites is 2. The molecule has 0 saturated carbocycles. The van der Waals surface area contributed by atoms with Gasteiger partial charge in [-0.3, -0.25) is 4.79 Å². The van der Waals surface area contributed by atoms with E-state index in [9.17, 15) is 4.79 Å². The number of carbonyl (C=O) groups excluding carboxylic acids is 1. The molecule has 0 atom stereocenters. The van der Waals surface area contributed by atoms with Crippen molar-refractivity contribution in [3.8, 4) is 5.75 Å². The minimum absolute atomic E-state index is 0.0147. The smallest absolute Gasteiger partial charge is 0.240 e. The molecular formula is C23H27ClN4O2. The minimum atomic E-state index is 0.0147. The second-order valence-corrected chi connectivity index (χ2v) is 8.06. The van der Waals surface area contributed by atoms with Gasteiger partial charge in [0.2, 0.25) is 5.91 Å². The van der Waals surface area contributed by atoms with Crippen LogP contribution in [0.4, 0.5) is 0 Å². The first-order valence-corrected chi connectivity index (χ1v) is 10.8. The second kappa shape index (κ2) is 9.49. The first-order valence-electron chi connectivity index (χ1n) is 10.5. The summed E-state index contributed by atoms with van der Waals surface area (Å²) in [4.78, 5) is 19.9. The molecule has 1 fully saturated rings. The lowest BCUT2D eigenvalue weighted by molar-refractivity contribution is -0.122. The van der Waals surface area contributed by atoms with E-state index >= 15 is 0 Å². The average molecular weight is 427 g/mol. The number of imidazole rings is 1. The van der Waals surface area contributed by atoms with Crippen LogP contribution in [0.3, 0.4) is 0 Å². The first kappa shape index (κ1) is 20.7. The van der Waals surface area contributed by atoms with Gasteiger partial charge < -0.3 is 19.5 Å². The van der Waals surface area contributed by atoms with Crippen molar-refractivity contribution in [3.63, 3.8) is 0 Å². The summed E-state index contributed by atoms with van der Waals surface area (Å²) in [6.45, 7) is 5.83. The molecule has 0 aliphatic carbocycles. The summed E-state index contributed by atoms with van der Waals surface area (Å²) in [5.41, 5.74) is 1.79. The van der Waals surface area contributed by atoms with E-state index in [1.807, 2.05) is 41.0 Å². The molecule has 2 aromatic carbocycles. The van der Waals surface area contributed by atoms with Crippen LogP contribution in [0.2, 0.25) is 5.02 Å². The number of aromatic nitrogens is 2. The molecule has 1 amide bonds. The van der Waals surface area contributed by atoms with Crippen molar-refractivity contribution in [2.45, 2.75) is 39.0 Å². The molecule has 1 aliphatic rings. The molecule has 1 saturated heterocycles. The zero-order valence-electron chi connectivity index (χ0n) is 17.2. The van der Waals surface area contributed by atoms with Crippen molar-refractivity contribution in [3.05, 3.63) is 59.4 Å². The molecule has 1 N–H and O–H groups in total. The molecule has 158 valence electrons. The van der Waals surface area contributed by atoms with Gasteiger partial charge in [0.1, 0.15) is 24.7 Å². The molecule has 1 aliphatic heterocycles. The number of carbonyl (C=O) groups is 1. The summed E-state index contributed by atoms with van der Waals surface area (Å²) < 4.78 is 7.84. The fourth-order valence-corrected chi connectivity index (χ4v) is 4.03. The first-order chi connectivity index (χ1) is 14.6. The van der Waals surface area contributed by atoms with Gasteiger partial charge in [-0.2, -0.15) is 0 Å². The Balaban J connectivity index is 1.46. The molecule has 0 bridgehead atoms. The van der Waals surface area contributed by atoms with Crippen molar-refractivity contribution in [2.24, 2.45) is 0 Å². The number of piperidine rings is 1. The number of hydrogen-bond donors (Lipinski definition) is 1. The Labute approximate surface area is 181 Å². The molecule has 2 heterocycles. The predicted molar refractivity (Wildman–Crippen MR) is 119 cm³/mol. The van der Waals surface area contributed by atoms with Crippen LogP contribution in [0.15, 0.2) is 48.5 Å². The maximum atomic E-state index is 12.8. The number of hydrogen-bond acceptors (Lipinski definition) is 4. The molecular weight excluding hydrogens is 400 g/mol. The molecule has 7 heteroatoms. The summed E-state index contributed by atoms with van der Waals surface area (Å²) in [6, 6.07) is 15.3. The van der Waals surface area contributed by atoms with Crippen LogP contribution in [0.5, 0.6) is 5.75 Å². The lowest BCUT2D eigenvalue weighted by Gasteiger charge is -2.31. The van der Waals surface area contributed by atoms with Crippen LogP contribution in [-0.2, 0) is 17.9 Å². The van der Waals surface area contributed by atoms with Crippen molar-refractivity contribution in [2.75, 3.05) is 19.6 Å². The lowest BCUT2D eigenvalue weighted by atomic mass is 10.1. The van der Waals surface area contributed by atoms with Gasteiger partial charge in [-0.05, 0) is 55.8 Å². The van der Waals surface area contributed by atoms with E-state index in [1.165, 1.54) is 0 Å². The van der Waals surface area contributed by atoms with E-state index in [-0.39, 0.29) is 25.1 Å². The van der Waals surface area contributed by atoms with Crippen molar-refractivity contribution < 1.29 is 9.53 Å². The van der Waals surface area contributed by atoms with Crippen LogP contribution in [0, 0.1) is 0 Å². The maximum Gasteiger partial charge on any atom is 0.240 e. The highest BCUT2D eigenvalue weighted by atomic mass is 35.5. The molecule has 6 nitrogen and oxygen atoms in total. The Morgan fingerprint density at radius 3 is 2.63 bits per heavy atom. The number of ether oxygens (including phenoxy) is 1. The number of likely N-dealkylation sites (tertiary alicyclic amines) is 1. The largest absolute Gasteiger partial charge is 0.486 e. The minimum Gasteiger partial charge on any atom is -0.486 e. The Morgan fingerprint density at radius 1 is 1.17 bits per heavy atom. The Hall–Kier alpha value is -2.57. The zero-order valence-corrected chi connectivity index (χ0v) is 17.9. The average Bonchev–Trinajstić information content (AvgIpc) is 3.11. The van der Waals surface area contributed by atoms with Gasteiger partial charge in [0, 0.05) is 24.2 Å². The Kier molecular flexibility index (Phi) is 6.55. The quantitative estimate of drug-likeness (QED) is 0.623. The van der Waals surface area contributed by atoms with Crippen LogP contribution >= 0.6 is 11.6 Å². The monoisotopic (exact) mass is 426 g/mol. The number of nitrogens with one attached hydrogen (secondary N) is 1. The van der Waals surface area contributed by atoms with Crippen molar-refractivity contribution in [1.82, 2.24) is 19.8 Å². The summed E-state index contributed by atoms with van der Waals surface area (Å²) >= 11 is 5.94. The van der Waals surface area contributed by atoms with Gasteiger partial charge in [-0.1, -0.05) is 30.7 Å². The molecule has 0 spiro atoms. The molecule has 4 rings (SSSR count). The van der Waals surface area contributed by atoms with E-state index in [4.69, 9.17) is 21.3 Å². The SMILES string of the molecule is CCN1CCC(NC(=O)Cn2c(COc3ccc(Cl)cc3)nc3ccccc32)CC1. The van der Waals surface area contributed by atoms with Gasteiger partial charge in [0.25, 0.3) is 0 Å². The van der Waals surface area contributed by atoms with Gasteiger partial charge in [-0.25, -0.2) is 4.98 Å². The third-order valence-corrected chi connectivity index (χ3v) is 5.87. The number of halogens is 1. The third kappa shape index (κ3) is 4.94. The number of amides is 1. The van der Waals surface area contributed by atoms with Gasteiger partial charge in [0.15, 0.2) is 0 Å². The normalized spacial score (nSPS) is 15.4. The van der Waals surface area contributed by atoms with Gasteiger partial charge in [-0.15, -0.1) is 0 Å². The van der Waals surface area contributed by atoms with Crippen molar-refractivity contribution >= 4 is 28.5 Å². The van der Waals surface area contributed by atoms with E-state index in [2.05, 4.69) is 17.1 Å². The molecule has 30 heavy (non-hydrogen) atoms. The molecule has 3 aromatic rings. The van der Waals surface area contributed by atoms with Crippen LogP contribution < -0.4 is 10.1 Å². The standard InChI is InChI=1S/C23H27ClN4O2/c1-2-27-13-11-18(12-14-27)25-23(29)15-28-21-6-4-3-5-20(21)26-22(28)16-30-19-9-7-17(24)8-10-19/h3-10,18H,2,11-16H2,1H3,(H,25,29). The predicted octanol–water partition coefficient (Wildman–Crippen LogP) is 3.87. The van der Waals surface area contributed by atoms with E-state index < -0.39 is 0 Å².